The second kappa shape index (κ2) is 15.1. The largest absolute Gasteiger partial charge is 0.310 e. The van der Waals surface area contributed by atoms with Crippen LogP contribution < -0.4 is 4.90 Å². The molecule has 0 atom stereocenters. The van der Waals surface area contributed by atoms with E-state index in [4.69, 9.17) is 0 Å². The number of fused-ring (bicyclic) bond motifs is 4. The van der Waals surface area contributed by atoms with Crippen molar-refractivity contribution < 1.29 is 0 Å². The lowest BCUT2D eigenvalue weighted by atomic mass is 9.93. The number of hydrogen-bond acceptors (Lipinski definition) is 1. The molecule has 0 fully saturated rings. The van der Waals surface area contributed by atoms with Crippen LogP contribution in [0.4, 0.5) is 17.1 Å². The van der Waals surface area contributed by atoms with E-state index in [1.54, 1.807) is 0 Å². The van der Waals surface area contributed by atoms with Gasteiger partial charge in [0.25, 0.3) is 0 Å². The smallest absolute Gasteiger partial charge is 0.0547 e. The number of rotatable bonds is 8. The van der Waals surface area contributed by atoms with Crippen molar-refractivity contribution in [3.05, 3.63) is 243 Å². The molecule has 2 nitrogen and oxygen atoms in total. The van der Waals surface area contributed by atoms with Crippen molar-refractivity contribution in [1.29, 1.82) is 0 Å². The Labute approximate surface area is 350 Å². The molecule has 282 valence electrons. The zero-order valence-electron chi connectivity index (χ0n) is 33.0. The van der Waals surface area contributed by atoms with Crippen molar-refractivity contribution in [3.63, 3.8) is 0 Å². The molecular weight excluding hydrogens is 725 g/mol. The van der Waals surface area contributed by atoms with Crippen LogP contribution in [0.5, 0.6) is 0 Å². The third-order valence-corrected chi connectivity index (χ3v) is 11.7. The van der Waals surface area contributed by atoms with Crippen LogP contribution in [-0.2, 0) is 0 Å². The highest BCUT2D eigenvalue weighted by atomic mass is 15.1. The first-order valence-corrected chi connectivity index (χ1v) is 20.6. The fraction of sp³-hybridized carbons (Fsp3) is 0. The molecule has 1 heterocycles. The maximum absolute atomic E-state index is 2.42. The summed E-state index contributed by atoms with van der Waals surface area (Å²) in [5.41, 5.74) is 16.4. The van der Waals surface area contributed by atoms with Gasteiger partial charge in [0, 0.05) is 33.2 Å². The molecule has 0 saturated carbocycles. The van der Waals surface area contributed by atoms with Crippen molar-refractivity contribution >= 4 is 49.6 Å². The fourth-order valence-electron chi connectivity index (χ4n) is 8.95. The lowest BCUT2D eigenvalue weighted by Gasteiger charge is -2.27. The summed E-state index contributed by atoms with van der Waals surface area (Å²) >= 11 is 0. The normalized spacial score (nSPS) is 11.3. The lowest BCUT2D eigenvalue weighted by molar-refractivity contribution is 1.18. The minimum Gasteiger partial charge on any atom is -0.310 e. The van der Waals surface area contributed by atoms with Crippen LogP contribution in [0.3, 0.4) is 0 Å². The number of anilines is 3. The SMILES string of the molecule is c1ccc(-c2cc(-c3ccccc3)cc(-c3ccc(N(c4cccc(-c5cccc6c5c5ccccc5n6-c5ccccc5)c4)c4cccc5ccccc45)cc3)c2)cc1. The van der Waals surface area contributed by atoms with Crippen LogP contribution >= 0.6 is 0 Å². The van der Waals surface area contributed by atoms with Gasteiger partial charge in [0.2, 0.25) is 0 Å². The Morgan fingerprint density at radius 1 is 0.300 bits per heavy atom. The Hall–Kier alpha value is -7.94. The third-order valence-electron chi connectivity index (χ3n) is 11.7. The maximum atomic E-state index is 2.42. The first-order valence-electron chi connectivity index (χ1n) is 20.6. The van der Waals surface area contributed by atoms with Crippen LogP contribution in [0.15, 0.2) is 243 Å². The Kier molecular flexibility index (Phi) is 8.87. The van der Waals surface area contributed by atoms with Crippen molar-refractivity contribution in [1.82, 2.24) is 4.57 Å². The van der Waals surface area contributed by atoms with Gasteiger partial charge in [-0.15, -0.1) is 0 Å². The molecule has 0 unspecified atom stereocenters. The van der Waals surface area contributed by atoms with E-state index in [0.29, 0.717) is 0 Å². The van der Waals surface area contributed by atoms with Crippen molar-refractivity contribution in [2.75, 3.05) is 4.90 Å². The molecule has 0 aliphatic heterocycles. The molecule has 10 aromatic carbocycles. The number of para-hydroxylation sites is 2. The molecule has 0 N–H and O–H groups in total. The van der Waals surface area contributed by atoms with Gasteiger partial charge in [0.05, 0.1) is 16.7 Å². The first kappa shape index (κ1) is 35.2. The molecule has 60 heavy (non-hydrogen) atoms. The van der Waals surface area contributed by atoms with Crippen molar-refractivity contribution in [2.45, 2.75) is 0 Å². The third kappa shape index (κ3) is 6.32. The van der Waals surface area contributed by atoms with Crippen LogP contribution in [0, 0.1) is 0 Å². The van der Waals surface area contributed by atoms with Crippen molar-refractivity contribution in [3.8, 4) is 50.2 Å². The molecule has 11 rings (SSSR count). The van der Waals surface area contributed by atoms with E-state index in [2.05, 4.69) is 252 Å². The fourth-order valence-corrected chi connectivity index (χ4v) is 8.95. The van der Waals surface area contributed by atoms with Gasteiger partial charge in [-0.3, -0.25) is 0 Å². The molecular formula is C58H40N2. The Morgan fingerprint density at radius 3 is 1.52 bits per heavy atom. The Bertz CT molecular complexity index is 3230. The number of nitrogens with zero attached hydrogens (tertiary/aromatic N) is 2. The predicted octanol–water partition coefficient (Wildman–Crippen LogP) is 16.1. The summed E-state index contributed by atoms with van der Waals surface area (Å²) in [7, 11) is 0. The number of hydrogen-bond donors (Lipinski definition) is 0. The monoisotopic (exact) mass is 764 g/mol. The highest BCUT2D eigenvalue weighted by molar-refractivity contribution is 6.16. The Balaban J connectivity index is 1.06. The number of aromatic nitrogens is 1. The van der Waals surface area contributed by atoms with Gasteiger partial charge in [0.1, 0.15) is 0 Å². The van der Waals surface area contributed by atoms with Gasteiger partial charge in [0.15, 0.2) is 0 Å². The molecule has 2 heteroatoms. The van der Waals surface area contributed by atoms with E-state index in [0.717, 1.165) is 22.7 Å². The van der Waals surface area contributed by atoms with Gasteiger partial charge in [-0.1, -0.05) is 170 Å². The quantitative estimate of drug-likeness (QED) is 0.150. The van der Waals surface area contributed by atoms with Crippen LogP contribution in [0.2, 0.25) is 0 Å². The van der Waals surface area contributed by atoms with E-state index in [-0.39, 0.29) is 0 Å². The first-order chi connectivity index (χ1) is 29.8. The zero-order chi connectivity index (χ0) is 39.8. The second-order valence-electron chi connectivity index (χ2n) is 15.3. The maximum Gasteiger partial charge on any atom is 0.0547 e. The molecule has 0 saturated heterocycles. The summed E-state index contributed by atoms with van der Waals surface area (Å²) in [6.07, 6.45) is 0. The highest BCUT2D eigenvalue weighted by Crippen LogP contribution is 2.44. The predicted molar refractivity (Wildman–Crippen MR) is 255 cm³/mol. The Morgan fingerprint density at radius 2 is 0.817 bits per heavy atom. The molecule has 11 aromatic rings. The van der Waals surface area contributed by atoms with Gasteiger partial charge >= 0.3 is 0 Å². The molecule has 0 aliphatic rings. The van der Waals surface area contributed by atoms with Gasteiger partial charge in [-0.05, 0) is 123 Å². The summed E-state index contributed by atoms with van der Waals surface area (Å²) < 4.78 is 2.39. The molecule has 0 bridgehead atoms. The molecule has 0 amide bonds. The second-order valence-corrected chi connectivity index (χ2v) is 15.3. The standard InChI is InChI=1S/C58H40N2/c1-4-17-41(18-5-1)46-37-47(42-19-6-2-7-20-42)39-48(38-46)43-33-35-50(36-34-43)59(55-31-15-22-44-21-10-11-27-52(44)55)51-26-14-23-45(40-51)53-29-16-32-57-58(53)54-28-12-13-30-56(54)60(57)49-24-8-3-9-25-49/h1-40H. The zero-order valence-corrected chi connectivity index (χ0v) is 33.0. The minimum absolute atomic E-state index is 1.09. The summed E-state index contributed by atoms with van der Waals surface area (Å²) in [5, 5.41) is 4.90. The summed E-state index contributed by atoms with van der Waals surface area (Å²) in [6.45, 7) is 0. The average molecular weight is 765 g/mol. The van der Waals surface area contributed by atoms with Crippen LogP contribution in [0.25, 0.3) is 82.8 Å². The van der Waals surface area contributed by atoms with E-state index in [1.165, 1.54) is 77.1 Å². The summed E-state index contributed by atoms with van der Waals surface area (Å²) in [4.78, 5) is 2.42. The van der Waals surface area contributed by atoms with Gasteiger partial charge < -0.3 is 9.47 Å². The minimum atomic E-state index is 1.09. The summed E-state index contributed by atoms with van der Waals surface area (Å²) in [6, 6.07) is 87.9. The molecule has 0 spiro atoms. The lowest BCUT2D eigenvalue weighted by Crippen LogP contribution is -2.10. The van der Waals surface area contributed by atoms with Gasteiger partial charge in [-0.2, -0.15) is 0 Å². The van der Waals surface area contributed by atoms with Gasteiger partial charge in [-0.25, -0.2) is 0 Å². The van der Waals surface area contributed by atoms with E-state index < -0.39 is 0 Å². The molecule has 1 aromatic heterocycles. The van der Waals surface area contributed by atoms with E-state index in [9.17, 15) is 0 Å². The summed E-state index contributed by atoms with van der Waals surface area (Å²) in [5.74, 6) is 0. The van der Waals surface area contributed by atoms with E-state index in [1.807, 2.05) is 0 Å². The highest BCUT2D eigenvalue weighted by Gasteiger charge is 2.19. The van der Waals surface area contributed by atoms with E-state index >= 15 is 0 Å². The topological polar surface area (TPSA) is 8.17 Å². The average Bonchev–Trinajstić information content (AvgIpc) is 3.67. The van der Waals surface area contributed by atoms with Crippen LogP contribution in [0.1, 0.15) is 0 Å². The number of benzene rings is 10. The van der Waals surface area contributed by atoms with Crippen LogP contribution in [-0.4, -0.2) is 4.57 Å². The van der Waals surface area contributed by atoms with Crippen molar-refractivity contribution in [2.24, 2.45) is 0 Å². The molecule has 0 radical (unpaired) electrons. The molecule has 0 aliphatic carbocycles.